The summed E-state index contributed by atoms with van der Waals surface area (Å²) in [6.45, 7) is 9.10. The summed E-state index contributed by atoms with van der Waals surface area (Å²) in [7, 11) is 0. The van der Waals surface area contributed by atoms with Gasteiger partial charge in [-0.15, -0.1) is 0 Å². The van der Waals surface area contributed by atoms with Crippen LogP contribution in [0.3, 0.4) is 0 Å². The smallest absolute Gasteiger partial charge is 0.0246 e. The van der Waals surface area contributed by atoms with E-state index in [1.165, 1.54) is 16.5 Å². The Morgan fingerprint density at radius 2 is 2.22 bits per heavy atom. The van der Waals surface area contributed by atoms with Crippen LogP contribution in [0.1, 0.15) is 25.8 Å². The second-order valence-electron chi connectivity index (χ2n) is 5.27. The number of nitrogens with one attached hydrogen (secondary N) is 1. The molecule has 3 heteroatoms. The van der Waals surface area contributed by atoms with Crippen LogP contribution in [-0.2, 0) is 6.54 Å². The Morgan fingerprint density at radius 1 is 1.44 bits per heavy atom. The Labute approximate surface area is 119 Å². The maximum Gasteiger partial charge on any atom is 0.0246 e. The fourth-order valence-electron chi connectivity index (χ4n) is 2.52. The van der Waals surface area contributed by atoms with Gasteiger partial charge in [-0.05, 0) is 17.5 Å². The van der Waals surface area contributed by atoms with Gasteiger partial charge in [0.1, 0.15) is 0 Å². The van der Waals surface area contributed by atoms with Crippen molar-refractivity contribution in [2.45, 2.75) is 32.9 Å². The maximum absolute atomic E-state index is 3.65. The molecule has 0 saturated carbocycles. The molecule has 1 aliphatic heterocycles. The van der Waals surface area contributed by atoms with E-state index >= 15 is 0 Å². The molecular weight excluding hydrogens is 288 g/mol. The molecule has 1 N–H and O–H groups in total. The summed E-state index contributed by atoms with van der Waals surface area (Å²) in [6, 6.07) is 9.18. The Kier molecular flexibility index (Phi) is 5.22. The van der Waals surface area contributed by atoms with Crippen LogP contribution in [0.15, 0.2) is 28.7 Å². The van der Waals surface area contributed by atoms with Crippen molar-refractivity contribution >= 4 is 15.9 Å². The number of benzene rings is 1. The van der Waals surface area contributed by atoms with Crippen LogP contribution in [0.5, 0.6) is 0 Å². The molecule has 100 valence electrons. The highest BCUT2D eigenvalue weighted by Crippen LogP contribution is 2.19. The van der Waals surface area contributed by atoms with Gasteiger partial charge < -0.3 is 5.32 Å². The molecule has 2 atom stereocenters. The van der Waals surface area contributed by atoms with Gasteiger partial charge in [-0.2, -0.15) is 0 Å². The van der Waals surface area contributed by atoms with Gasteiger partial charge in [0.2, 0.25) is 0 Å². The quantitative estimate of drug-likeness (QED) is 0.918. The molecule has 0 spiro atoms. The third-order valence-corrected chi connectivity index (χ3v) is 4.75. The van der Waals surface area contributed by atoms with Crippen molar-refractivity contribution in [3.8, 4) is 0 Å². The van der Waals surface area contributed by atoms with E-state index in [1.54, 1.807) is 0 Å². The summed E-state index contributed by atoms with van der Waals surface area (Å²) >= 11 is 3.64. The van der Waals surface area contributed by atoms with Crippen molar-refractivity contribution in [3.05, 3.63) is 34.3 Å². The van der Waals surface area contributed by atoms with Crippen LogP contribution < -0.4 is 5.32 Å². The van der Waals surface area contributed by atoms with E-state index in [0.29, 0.717) is 6.04 Å². The first-order chi connectivity index (χ1) is 8.70. The lowest BCUT2D eigenvalue weighted by molar-refractivity contribution is 0.162. The van der Waals surface area contributed by atoms with E-state index in [1.807, 2.05) is 0 Å². The number of hydrogen-bond acceptors (Lipinski definition) is 2. The van der Waals surface area contributed by atoms with E-state index in [4.69, 9.17) is 0 Å². The Balaban J connectivity index is 1.96. The molecule has 2 unspecified atom stereocenters. The average Bonchev–Trinajstić information content (AvgIpc) is 2.41. The zero-order valence-electron chi connectivity index (χ0n) is 11.3. The van der Waals surface area contributed by atoms with Crippen LogP contribution in [0.2, 0.25) is 0 Å². The van der Waals surface area contributed by atoms with Gasteiger partial charge in [-0.3, -0.25) is 4.90 Å². The lowest BCUT2D eigenvalue weighted by Crippen LogP contribution is -2.52. The molecular formula is C15H23BrN2. The molecule has 0 amide bonds. The fourth-order valence-corrected chi connectivity index (χ4v) is 2.93. The largest absolute Gasteiger partial charge is 0.311 e. The first kappa shape index (κ1) is 14.0. The van der Waals surface area contributed by atoms with E-state index < -0.39 is 0 Å². The molecule has 0 aliphatic carbocycles. The van der Waals surface area contributed by atoms with E-state index in [-0.39, 0.29) is 0 Å². The third-order valence-electron chi connectivity index (χ3n) is 3.97. The van der Waals surface area contributed by atoms with Gasteiger partial charge in [0.15, 0.2) is 0 Å². The molecule has 1 aliphatic rings. The van der Waals surface area contributed by atoms with E-state index in [0.717, 1.165) is 32.1 Å². The molecule has 2 rings (SSSR count). The lowest BCUT2D eigenvalue weighted by Gasteiger charge is -2.36. The van der Waals surface area contributed by atoms with Gasteiger partial charge in [0, 0.05) is 36.7 Å². The summed E-state index contributed by atoms with van der Waals surface area (Å²) in [6.07, 6.45) is 1.25. The first-order valence-corrected chi connectivity index (χ1v) is 7.69. The number of nitrogens with zero attached hydrogens (tertiary/aromatic N) is 1. The van der Waals surface area contributed by atoms with Gasteiger partial charge in [0.25, 0.3) is 0 Å². The highest BCUT2D eigenvalue weighted by molar-refractivity contribution is 9.10. The molecule has 1 fully saturated rings. The zero-order valence-corrected chi connectivity index (χ0v) is 12.9. The fraction of sp³-hybridized carbons (Fsp3) is 0.600. The molecule has 1 aromatic rings. The van der Waals surface area contributed by atoms with Gasteiger partial charge >= 0.3 is 0 Å². The van der Waals surface area contributed by atoms with Crippen LogP contribution in [0.4, 0.5) is 0 Å². The van der Waals surface area contributed by atoms with Crippen molar-refractivity contribution in [1.82, 2.24) is 10.2 Å². The summed E-state index contributed by atoms with van der Waals surface area (Å²) < 4.78 is 1.23. The minimum absolute atomic E-state index is 0.645. The van der Waals surface area contributed by atoms with E-state index in [2.05, 4.69) is 64.3 Å². The monoisotopic (exact) mass is 310 g/mol. The van der Waals surface area contributed by atoms with Crippen LogP contribution in [0.25, 0.3) is 0 Å². The van der Waals surface area contributed by atoms with Crippen molar-refractivity contribution < 1.29 is 0 Å². The Morgan fingerprint density at radius 3 is 2.94 bits per heavy atom. The molecule has 1 aromatic carbocycles. The molecule has 18 heavy (non-hydrogen) atoms. The molecule has 1 heterocycles. The maximum atomic E-state index is 3.65. The molecule has 0 radical (unpaired) electrons. The number of piperazine rings is 1. The normalized spacial score (nSPS) is 22.9. The Hall–Kier alpha value is -0.380. The summed E-state index contributed by atoms with van der Waals surface area (Å²) in [5, 5.41) is 3.65. The van der Waals surface area contributed by atoms with Crippen molar-refractivity contribution in [2.24, 2.45) is 5.92 Å². The number of hydrogen-bond donors (Lipinski definition) is 1. The average molecular weight is 311 g/mol. The predicted molar refractivity (Wildman–Crippen MR) is 80.7 cm³/mol. The standard InChI is InChI=1S/C15H23BrN2/c1-3-12(2)15-11-18(9-8-17-15)10-13-6-4-5-7-14(13)16/h4-7,12,15,17H,3,8-11H2,1-2H3. The van der Waals surface area contributed by atoms with Gasteiger partial charge in [-0.1, -0.05) is 54.4 Å². The summed E-state index contributed by atoms with van der Waals surface area (Å²) in [4.78, 5) is 2.56. The number of rotatable bonds is 4. The van der Waals surface area contributed by atoms with Crippen LogP contribution >= 0.6 is 15.9 Å². The van der Waals surface area contributed by atoms with Crippen molar-refractivity contribution in [2.75, 3.05) is 19.6 Å². The van der Waals surface area contributed by atoms with Crippen LogP contribution in [-0.4, -0.2) is 30.6 Å². The van der Waals surface area contributed by atoms with Gasteiger partial charge in [0.05, 0.1) is 0 Å². The molecule has 2 nitrogen and oxygen atoms in total. The zero-order chi connectivity index (χ0) is 13.0. The predicted octanol–water partition coefficient (Wildman–Crippen LogP) is 3.27. The van der Waals surface area contributed by atoms with E-state index in [9.17, 15) is 0 Å². The highest BCUT2D eigenvalue weighted by atomic mass is 79.9. The highest BCUT2D eigenvalue weighted by Gasteiger charge is 2.23. The topological polar surface area (TPSA) is 15.3 Å². The minimum atomic E-state index is 0.645. The second-order valence-corrected chi connectivity index (χ2v) is 6.13. The van der Waals surface area contributed by atoms with Gasteiger partial charge in [-0.25, -0.2) is 0 Å². The summed E-state index contributed by atoms with van der Waals surface area (Å²) in [5.74, 6) is 0.756. The number of halogens is 1. The molecule has 0 aromatic heterocycles. The van der Waals surface area contributed by atoms with Crippen molar-refractivity contribution in [3.63, 3.8) is 0 Å². The second kappa shape index (κ2) is 6.69. The summed E-state index contributed by atoms with van der Waals surface area (Å²) in [5.41, 5.74) is 1.39. The SMILES string of the molecule is CCC(C)C1CN(Cc2ccccc2Br)CCN1. The first-order valence-electron chi connectivity index (χ1n) is 6.90. The third kappa shape index (κ3) is 3.56. The van der Waals surface area contributed by atoms with Crippen molar-refractivity contribution in [1.29, 1.82) is 0 Å². The van der Waals surface area contributed by atoms with Crippen LogP contribution in [0, 0.1) is 5.92 Å². The lowest BCUT2D eigenvalue weighted by atomic mass is 9.97. The molecule has 1 saturated heterocycles. The molecule has 0 bridgehead atoms. The Bertz CT molecular complexity index is 381. The minimum Gasteiger partial charge on any atom is -0.311 e.